The minimum Gasteiger partial charge on any atom is -0.391 e. The Kier molecular flexibility index (Phi) is 3.60. The van der Waals surface area contributed by atoms with Crippen molar-refractivity contribution < 1.29 is 9.90 Å². The van der Waals surface area contributed by atoms with Crippen molar-refractivity contribution in [1.82, 2.24) is 10.2 Å². The Labute approximate surface area is 91.6 Å². The number of hydrogen-bond donors (Lipinski definition) is 2. The fourth-order valence-electron chi connectivity index (χ4n) is 1.66. The molecular weight excluding hydrogens is 192 g/mol. The van der Waals surface area contributed by atoms with Crippen LogP contribution in [-0.4, -0.2) is 41.3 Å². The molecule has 88 valence electrons. The average Bonchev–Trinajstić information content (AvgIpc) is 2.08. The third-order valence-corrected chi connectivity index (χ3v) is 3.02. The number of β-amino-alcohol motifs (C(OH)–C–C–N with tert-alkyl or cyclic N) is 1. The number of rotatable bonds is 1. The number of nitrogens with zero attached hydrogens (tertiary/aromatic N) is 1. The summed E-state index contributed by atoms with van der Waals surface area (Å²) in [5.41, 5.74) is -0.0748. The van der Waals surface area contributed by atoms with Crippen LogP contribution < -0.4 is 5.32 Å². The van der Waals surface area contributed by atoms with Gasteiger partial charge in [-0.05, 0) is 25.7 Å². The first-order valence-electron chi connectivity index (χ1n) is 5.56. The van der Waals surface area contributed by atoms with E-state index in [9.17, 15) is 9.90 Å². The molecule has 15 heavy (non-hydrogen) atoms. The maximum Gasteiger partial charge on any atom is 0.317 e. The van der Waals surface area contributed by atoms with Crippen LogP contribution in [-0.2, 0) is 0 Å². The summed E-state index contributed by atoms with van der Waals surface area (Å²) < 4.78 is 0. The minimum absolute atomic E-state index is 0.0699. The van der Waals surface area contributed by atoms with Gasteiger partial charge < -0.3 is 15.3 Å². The van der Waals surface area contributed by atoms with Gasteiger partial charge in [-0.3, -0.25) is 0 Å². The molecule has 1 fully saturated rings. The first-order chi connectivity index (χ1) is 6.83. The predicted octanol–water partition coefficient (Wildman–Crippen LogP) is 1.20. The normalized spacial score (nSPS) is 25.5. The van der Waals surface area contributed by atoms with Crippen LogP contribution in [0.25, 0.3) is 0 Å². The number of amides is 2. The summed E-state index contributed by atoms with van der Waals surface area (Å²) in [6.07, 6.45) is 0.420. The van der Waals surface area contributed by atoms with Crippen LogP contribution in [0.5, 0.6) is 0 Å². The quantitative estimate of drug-likeness (QED) is 0.689. The highest BCUT2D eigenvalue weighted by atomic mass is 16.3. The lowest BCUT2D eigenvalue weighted by molar-refractivity contribution is -0.0123. The Balaban J connectivity index is 2.51. The Morgan fingerprint density at radius 1 is 1.53 bits per heavy atom. The summed E-state index contributed by atoms with van der Waals surface area (Å²) in [5, 5.41) is 12.7. The van der Waals surface area contributed by atoms with Crippen molar-refractivity contribution in [1.29, 1.82) is 0 Å². The highest BCUT2D eigenvalue weighted by molar-refractivity contribution is 5.74. The molecule has 1 unspecified atom stereocenters. The summed E-state index contributed by atoms with van der Waals surface area (Å²) in [4.78, 5) is 13.4. The number of likely N-dealkylation sites (tertiary alicyclic amines) is 1. The van der Waals surface area contributed by atoms with Crippen molar-refractivity contribution in [3.8, 4) is 0 Å². The van der Waals surface area contributed by atoms with Crippen LogP contribution >= 0.6 is 0 Å². The smallest absolute Gasteiger partial charge is 0.317 e. The zero-order valence-corrected chi connectivity index (χ0v) is 10.1. The molecule has 2 amide bonds. The summed E-state index contributed by atoms with van der Waals surface area (Å²) in [5.74, 6) is 0. The molecule has 0 aliphatic carbocycles. The number of aliphatic hydroxyl groups is 1. The Bertz CT molecular complexity index is 239. The van der Waals surface area contributed by atoms with E-state index in [1.165, 1.54) is 0 Å². The molecule has 0 aromatic carbocycles. The van der Waals surface area contributed by atoms with E-state index in [-0.39, 0.29) is 17.5 Å². The van der Waals surface area contributed by atoms with Crippen molar-refractivity contribution in [3.05, 3.63) is 0 Å². The maximum atomic E-state index is 11.7. The second-order valence-electron chi connectivity index (χ2n) is 5.30. The van der Waals surface area contributed by atoms with E-state index in [1.54, 1.807) is 4.90 Å². The molecule has 0 saturated carbocycles. The highest BCUT2D eigenvalue weighted by Gasteiger charge is 2.35. The lowest BCUT2D eigenvalue weighted by Crippen LogP contribution is -2.53. The summed E-state index contributed by atoms with van der Waals surface area (Å²) in [6, 6.07) is 0.0733. The van der Waals surface area contributed by atoms with E-state index < -0.39 is 6.10 Å². The van der Waals surface area contributed by atoms with Gasteiger partial charge in [0.25, 0.3) is 0 Å². The Morgan fingerprint density at radius 3 is 2.60 bits per heavy atom. The zero-order chi connectivity index (χ0) is 11.6. The van der Waals surface area contributed by atoms with Gasteiger partial charge in [0.2, 0.25) is 0 Å². The van der Waals surface area contributed by atoms with E-state index in [0.29, 0.717) is 6.54 Å². The topological polar surface area (TPSA) is 52.6 Å². The third-order valence-electron chi connectivity index (χ3n) is 3.02. The maximum absolute atomic E-state index is 11.7. The lowest BCUT2D eigenvalue weighted by Gasteiger charge is -2.41. The van der Waals surface area contributed by atoms with Crippen molar-refractivity contribution >= 4 is 6.03 Å². The molecule has 4 nitrogen and oxygen atoms in total. The molecule has 1 aliphatic rings. The van der Waals surface area contributed by atoms with Crippen LogP contribution in [0.3, 0.4) is 0 Å². The van der Waals surface area contributed by atoms with Crippen molar-refractivity contribution in [2.75, 3.05) is 13.1 Å². The monoisotopic (exact) mass is 214 g/mol. The van der Waals surface area contributed by atoms with Crippen molar-refractivity contribution in [3.63, 3.8) is 0 Å². The molecule has 0 spiro atoms. The van der Waals surface area contributed by atoms with Gasteiger partial charge in [-0.2, -0.15) is 0 Å². The SMILES string of the molecule is CC(C)NC(=O)N1CCC(C)(C)C(O)C1. The number of hydrogen-bond acceptors (Lipinski definition) is 2. The molecule has 0 aromatic heterocycles. The Morgan fingerprint density at radius 2 is 2.13 bits per heavy atom. The number of urea groups is 1. The van der Waals surface area contributed by atoms with Crippen LogP contribution in [0.4, 0.5) is 4.79 Å². The Hall–Kier alpha value is -0.770. The van der Waals surface area contributed by atoms with E-state index in [1.807, 2.05) is 27.7 Å². The second kappa shape index (κ2) is 4.39. The standard InChI is InChI=1S/C11H22N2O2/c1-8(2)12-10(15)13-6-5-11(3,4)9(14)7-13/h8-9,14H,5-7H2,1-4H3,(H,12,15). The van der Waals surface area contributed by atoms with E-state index in [4.69, 9.17) is 0 Å². The minimum atomic E-state index is -0.427. The van der Waals surface area contributed by atoms with Crippen LogP contribution in [0.1, 0.15) is 34.1 Å². The first-order valence-corrected chi connectivity index (χ1v) is 5.56. The first kappa shape index (κ1) is 12.3. The summed E-state index contributed by atoms with van der Waals surface area (Å²) in [6.45, 7) is 9.10. The lowest BCUT2D eigenvalue weighted by atomic mass is 9.80. The molecule has 0 bridgehead atoms. The largest absolute Gasteiger partial charge is 0.391 e. The number of carbonyl (C=O) groups excluding carboxylic acids is 1. The molecule has 1 aliphatic heterocycles. The second-order valence-corrected chi connectivity index (χ2v) is 5.30. The third kappa shape index (κ3) is 3.09. The van der Waals surface area contributed by atoms with E-state index >= 15 is 0 Å². The molecule has 1 heterocycles. The molecular formula is C11H22N2O2. The summed E-state index contributed by atoms with van der Waals surface area (Å²) >= 11 is 0. The van der Waals surface area contributed by atoms with Gasteiger partial charge in [0.05, 0.1) is 6.10 Å². The van der Waals surface area contributed by atoms with Gasteiger partial charge in [0.1, 0.15) is 0 Å². The van der Waals surface area contributed by atoms with Crippen LogP contribution in [0.2, 0.25) is 0 Å². The fourth-order valence-corrected chi connectivity index (χ4v) is 1.66. The van der Waals surface area contributed by atoms with Crippen LogP contribution in [0, 0.1) is 5.41 Å². The van der Waals surface area contributed by atoms with E-state index in [2.05, 4.69) is 5.32 Å². The number of nitrogens with one attached hydrogen (secondary N) is 1. The van der Waals surface area contributed by atoms with Gasteiger partial charge in [-0.1, -0.05) is 13.8 Å². The predicted molar refractivity (Wildman–Crippen MR) is 59.6 cm³/mol. The molecule has 1 rings (SSSR count). The zero-order valence-electron chi connectivity index (χ0n) is 10.1. The van der Waals surface area contributed by atoms with Crippen molar-refractivity contribution in [2.45, 2.75) is 46.3 Å². The van der Waals surface area contributed by atoms with Crippen LogP contribution in [0.15, 0.2) is 0 Å². The number of carbonyl (C=O) groups is 1. The van der Waals surface area contributed by atoms with Gasteiger partial charge in [-0.25, -0.2) is 4.79 Å². The molecule has 0 aromatic rings. The van der Waals surface area contributed by atoms with Gasteiger partial charge in [-0.15, -0.1) is 0 Å². The van der Waals surface area contributed by atoms with Crippen molar-refractivity contribution in [2.24, 2.45) is 5.41 Å². The summed E-state index contributed by atoms with van der Waals surface area (Å²) in [7, 11) is 0. The van der Waals surface area contributed by atoms with E-state index in [0.717, 1.165) is 13.0 Å². The molecule has 1 saturated heterocycles. The molecule has 4 heteroatoms. The van der Waals surface area contributed by atoms with Gasteiger partial charge in [0.15, 0.2) is 0 Å². The number of aliphatic hydroxyl groups excluding tert-OH is 1. The highest BCUT2D eigenvalue weighted by Crippen LogP contribution is 2.30. The number of piperidine rings is 1. The van der Waals surface area contributed by atoms with Gasteiger partial charge >= 0.3 is 6.03 Å². The average molecular weight is 214 g/mol. The molecule has 2 N–H and O–H groups in total. The fraction of sp³-hybridized carbons (Fsp3) is 0.909. The molecule has 0 radical (unpaired) electrons. The van der Waals surface area contributed by atoms with Gasteiger partial charge in [0, 0.05) is 19.1 Å². The molecule has 1 atom stereocenters.